The Kier molecular flexibility index (Phi) is 5.56. The van der Waals surface area contributed by atoms with Crippen LogP contribution < -0.4 is 14.9 Å². The van der Waals surface area contributed by atoms with Crippen LogP contribution in [0.1, 0.15) is 5.56 Å². The van der Waals surface area contributed by atoms with Gasteiger partial charge in [-0.05, 0) is 52.3 Å². The number of para-hydroxylation sites is 1. The Labute approximate surface area is 178 Å². The molecule has 0 unspecified atom stereocenters. The molecule has 4 aromatic rings. The minimum Gasteiger partial charge on any atom is -0.489 e. The van der Waals surface area contributed by atoms with Crippen molar-refractivity contribution in [1.29, 1.82) is 0 Å². The van der Waals surface area contributed by atoms with Crippen molar-refractivity contribution in [2.75, 3.05) is 0 Å². The normalized spacial score (nSPS) is 10.9. The summed E-state index contributed by atoms with van der Waals surface area (Å²) in [5, 5.41) is 0.622. The maximum atomic E-state index is 13.9. The third-order valence-electron chi connectivity index (χ3n) is 4.22. The Hall–Kier alpha value is -2.83. The highest BCUT2D eigenvalue weighted by molar-refractivity contribution is 9.10. The number of ether oxygens (including phenoxy) is 2. The van der Waals surface area contributed by atoms with E-state index in [2.05, 4.69) is 15.9 Å². The Bertz CT molecular complexity index is 1230. The summed E-state index contributed by atoms with van der Waals surface area (Å²) in [7, 11) is 0. The van der Waals surface area contributed by atoms with Gasteiger partial charge in [0.15, 0.2) is 0 Å². The quantitative estimate of drug-likeness (QED) is 0.321. The van der Waals surface area contributed by atoms with Crippen molar-refractivity contribution in [2.45, 2.75) is 6.61 Å². The summed E-state index contributed by atoms with van der Waals surface area (Å²) in [6, 6.07) is 16.4. The minimum atomic E-state index is -0.446. The van der Waals surface area contributed by atoms with Gasteiger partial charge in [0.1, 0.15) is 35.8 Å². The van der Waals surface area contributed by atoms with Gasteiger partial charge in [0.05, 0.1) is 14.9 Å². The zero-order valence-electron chi connectivity index (χ0n) is 14.8. The number of hydrogen-bond acceptors (Lipinski definition) is 4. The van der Waals surface area contributed by atoms with Crippen LogP contribution in [0.15, 0.2) is 80.6 Å². The van der Waals surface area contributed by atoms with Crippen LogP contribution in [0, 0.1) is 5.82 Å². The van der Waals surface area contributed by atoms with Gasteiger partial charge in [0.25, 0.3) is 0 Å². The highest BCUT2D eigenvalue weighted by atomic mass is 79.9. The molecule has 0 aliphatic heterocycles. The molecule has 7 heteroatoms. The summed E-state index contributed by atoms with van der Waals surface area (Å²) in [5.74, 6) is 0.537. The zero-order chi connectivity index (χ0) is 20.4. The van der Waals surface area contributed by atoms with Gasteiger partial charge in [0.2, 0.25) is 11.2 Å². The number of fused-ring (bicyclic) bond motifs is 1. The Balaban J connectivity index is 1.59. The van der Waals surface area contributed by atoms with E-state index in [0.29, 0.717) is 22.5 Å². The first-order chi connectivity index (χ1) is 14.0. The molecule has 4 rings (SSSR count). The molecule has 4 nitrogen and oxygen atoms in total. The van der Waals surface area contributed by atoms with Crippen LogP contribution in [0.5, 0.6) is 17.2 Å². The van der Waals surface area contributed by atoms with E-state index in [1.165, 1.54) is 18.4 Å². The summed E-state index contributed by atoms with van der Waals surface area (Å²) in [6.07, 6.45) is 1.25. The number of rotatable bonds is 5. The lowest BCUT2D eigenvalue weighted by molar-refractivity contribution is 0.300. The van der Waals surface area contributed by atoms with Crippen LogP contribution in [-0.4, -0.2) is 0 Å². The standard InChI is InChI=1S/C22H13BrClFO4/c23-16-4-1-2-7-19(16)29-21-12-28-20-10-13(8-9-14(20)22(21)26)27-11-15-17(24)5-3-6-18(15)25/h1-10,12H,11H2. The predicted octanol–water partition coefficient (Wildman–Crippen LogP) is 6.72. The van der Waals surface area contributed by atoms with Gasteiger partial charge >= 0.3 is 0 Å². The minimum absolute atomic E-state index is 0.0511. The van der Waals surface area contributed by atoms with Gasteiger partial charge in [-0.15, -0.1) is 0 Å². The zero-order valence-corrected chi connectivity index (χ0v) is 17.2. The first-order valence-corrected chi connectivity index (χ1v) is 9.73. The fourth-order valence-corrected chi connectivity index (χ4v) is 3.31. The van der Waals surface area contributed by atoms with Crippen LogP contribution in [-0.2, 0) is 6.61 Å². The highest BCUT2D eigenvalue weighted by Crippen LogP contribution is 2.29. The topological polar surface area (TPSA) is 48.7 Å². The maximum absolute atomic E-state index is 13.9. The molecule has 1 heterocycles. The molecule has 0 atom stereocenters. The fraction of sp³-hybridized carbons (Fsp3) is 0.0455. The molecule has 0 radical (unpaired) electrons. The second-order valence-corrected chi connectivity index (χ2v) is 7.37. The lowest BCUT2D eigenvalue weighted by Gasteiger charge is -2.10. The average molecular weight is 476 g/mol. The highest BCUT2D eigenvalue weighted by Gasteiger charge is 2.12. The molecular formula is C22H13BrClFO4. The van der Waals surface area contributed by atoms with Gasteiger partial charge in [0, 0.05) is 11.6 Å². The Morgan fingerprint density at radius 2 is 1.86 bits per heavy atom. The molecule has 0 saturated carbocycles. The molecule has 0 amide bonds. The van der Waals surface area contributed by atoms with Gasteiger partial charge in [-0.25, -0.2) is 4.39 Å². The van der Waals surface area contributed by atoms with Crippen LogP contribution in [0.2, 0.25) is 5.02 Å². The lowest BCUT2D eigenvalue weighted by Crippen LogP contribution is -2.05. The van der Waals surface area contributed by atoms with Crippen LogP contribution >= 0.6 is 27.5 Å². The second-order valence-electron chi connectivity index (χ2n) is 6.11. The molecular weight excluding hydrogens is 463 g/mol. The first-order valence-electron chi connectivity index (χ1n) is 8.56. The summed E-state index contributed by atoms with van der Waals surface area (Å²) >= 11 is 9.38. The third-order valence-corrected chi connectivity index (χ3v) is 5.23. The van der Waals surface area contributed by atoms with Crippen LogP contribution in [0.4, 0.5) is 4.39 Å². The van der Waals surface area contributed by atoms with Crippen LogP contribution in [0.3, 0.4) is 0 Å². The van der Waals surface area contributed by atoms with Crippen molar-refractivity contribution in [3.8, 4) is 17.2 Å². The molecule has 3 aromatic carbocycles. The smallest absolute Gasteiger partial charge is 0.235 e. The molecule has 1 aromatic heterocycles. The van der Waals surface area contributed by atoms with E-state index in [9.17, 15) is 9.18 Å². The van der Waals surface area contributed by atoms with Gasteiger partial charge in [-0.1, -0.05) is 29.8 Å². The van der Waals surface area contributed by atoms with Gasteiger partial charge < -0.3 is 13.9 Å². The summed E-state index contributed by atoms with van der Waals surface area (Å²) < 4.78 is 31.4. The van der Waals surface area contributed by atoms with Crippen LogP contribution in [0.25, 0.3) is 11.0 Å². The molecule has 0 spiro atoms. The van der Waals surface area contributed by atoms with Crippen molar-refractivity contribution in [3.05, 3.63) is 98.0 Å². The summed E-state index contributed by atoms with van der Waals surface area (Å²) in [6.45, 7) is -0.0511. The monoisotopic (exact) mass is 474 g/mol. The van der Waals surface area contributed by atoms with Crippen molar-refractivity contribution < 1.29 is 18.3 Å². The number of halogens is 3. The number of benzene rings is 3. The summed E-state index contributed by atoms with van der Waals surface area (Å²) in [4.78, 5) is 12.7. The molecule has 0 fully saturated rings. The number of hydrogen-bond donors (Lipinski definition) is 0. The van der Waals surface area contributed by atoms with Crippen molar-refractivity contribution in [2.24, 2.45) is 0 Å². The Morgan fingerprint density at radius 1 is 1.03 bits per heavy atom. The molecule has 0 aliphatic carbocycles. The van der Waals surface area contributed by atoms with Crippen molar-refractivity contribution in [1.82, 2.24) is 0 Å². The van der Waals surface area contributed by atoms with E-state index in [0.717, 1.165) is 4.47 Å². The van der Waals surface area contributed by atoms with E-state index < -0.39 is 5.82 Å². The first kappa shape index (κ1) is 19.5. The van der Waals surface area contributed by atoms with E-state index in [-0.39, 0.29) is 28.4 Å². The maximum Gasteiger partial charge on any atom is 0.235 e. The Morgan fingerprint density at radius 3 is 2.66 bits per heavy atom. The molecule has 146 valence electrons. The molecule has 0 bridgehead atoms. The fourth-order valence-electron chi connectivity index (χ4n) is 2.72. The SMILES string of the molecule is O=c1c(Oc2ccccc2Br)coc2cc(OCc3c(F)cccc3Cl)ccc12. The molecule has 29 heavy (non-hydrogen) atoms. The van der Waals surface area contributed by atoms with E-state index in [1.807, 2.05) is 12.1 Å². The lowest BCUT2D eigenvalue weighted by atomic mass is 10.2. The molecule has 0 aliphatic rings. The van der Waals surface area contributed by atoms with E-state index >= 15 is 0 Å². The second kappa shape index (κ2) is 8.27. The van der Waals surface area contributed by atoms with E-state index in [4.69, 9.17) is 25.5 Å². The van der Waals surface area contributed by atoms with Crippen molar-refractivity contribution in [3.63, 3.8) is 0 Å². The predicted molar refractivity (Wildman–Crippen MR) is 112 cm³/mol. The third kappa shape index (κ3) is 4.13. The largest absolute Gasteiger partial charge is 0.489 e. The van der Waals surface area contributed by atoms with Gasteiger partial charge in [-0.3, -0.25) is 4.79 Å². The van der Waals surface area contributed by atoms with Crippen molar-refractivity contribution >= 4 is 38.5 Å². The van der Waals surface area contributed by atoms with E-state index in [1.54, 1.807) is 36.4 Å². The average Bonchev–Trinajstić information content (AvgIpc) is 2.71. The van der Waals surface area contributed by atoms with Gasteiger partial charge in [-0.2, -0.15) is 0 Å². The summed E-state index contributed by atoms with van der Waals surface area (Å²) in [5.41, 5.74) is 0.269. The molecule has 0 saturated heterocycles. The molecule has 0 N–H and O–H groups in total.